The quantitative estimate of drug-likeness (QED) is 0.819. The van der Waals surface area contributed by atoms with Crippen molar-refractivity contribution in [3.8, 4) is 0 Å². The maximum absolute atomic E-state index is 12.5. The molecule has 0 saturated carbocycles. The monoisotopic (exact) mass is 361 g/mol. The van der Waals surface area contributed by atoms with Crippen molar-refractivity contribution in [1.29, 1.82) is 0 Å². The normalized spacial score (nSPS) is 18.3. The zero-order valence-electron chi connectivity index (χ0n) is 13.4. The Morgan fingerprint density at radius 2 is 2.00 bits per heavy atom. The Morgan fingerprint density at radius 1 is 1.35 bits per heavy atom. The van der Waals surface area contributed by atoms with Crippen LogP contribution in [0.15, 0.2) is 24.3 Å². The van der Waals surface area contributed by atoms with Crippen LogP contribution in [0, 0.1) is 0 Å². The van der Waals surface area contributed by atoms with E-state index in [1.807, 2.05) is 11.8 Å². The number of nitrogens with zero attached hydrogens (tertiary/aromatic N) is 1. The number of halogens is 1. The highest BCUT2D eigenvalue weighted by Crippen LogP contribution is 2.12. The molecule has 0 bridgehead atoms. The predicted molar refractivity (Wildman–Crippen MR) is 93.4 cm³/mol. The minimum Gasteiger partial charge on any atom is -0.333 e. The van der Waals surface area contributed by atoms with Crippen molar-refractivity contribution in [2.45, 2.75) is 26.4 Å². The van der Waals surface area contributed by atoms with Crippen LogP contribution in [0.1, 0.15) is 29.8 Å². The van der Waals surface area contributed by atoms with Crippen LogP contribution in [0.25, 0.3) is 0 Å². The molecule has 1 fully saturated rings. The number of hydrogen-bond donors (Lipinski definition) is 2. The number of amides is 1. The van der Waals surface area contributed by atoms with Crippen molar-refractivity contribution in [2.24, 2.45) is 0 Å². The van der Waals surface area contributed by atoms with Crippen LogP contribution in [-0.4, -0.2) is 50.7 Å². The molecular formula is C15H24ClN3O3S. The Hall–Kier alpha value is -1.15. The molecule has 1 atom stereocenters. The maximum atomic E-state index is 12.5. The summed E-state index contributed by atoms with van der Waals surface area (Å²) in [5.74, 6) is 0.0828. The van der Waals surface area contributed by atoms with E-state index >= 15 is 0 Å². The van der Waals surface area contributed by atoms with Gasteiger partial charge in [0.1, 0.15) is 0 Å². The Kier molecular flexibility index (Phi) is 7.47. The van der Waals surface area contributed by atoms with Gasteiger partial charge in [-0.1, -0.05) is 12.1 Å². The largest absolute Gasteiger partial charge is 0.333 e. The van der Waals surface area contributed by atoms with E-state index in [4.69, 9.17) is 0 Å². The third-order valence-corrected chi connectivity index (χ3v) is 5.18. The minimum atomic E-state index is -3.20. The van der Waals surface area contributed by atoms with E-state index in [9.17, 15) is 13.2 Å². The average Bonchev–Trinajstić information content (AvgIpc) is 2.53. The number of rotatable bonds is 5. The van der Waals surface area contributed by atoms with Gasteiger partial charge in [0, 0.05) is 37.8 Å². The number of carbonyl (C=O) groups is 1. The van der Waals surface area contributed by atoms with Gasteiger partial charge in [-0.05, 0) is 31.5 Å². The molecular weight excluding hydrogens is 338 g/mol. The molecule has 0 aliphatic carbocycles. The number of carbonyl (C=O) groups excluding carboxylic acids is 1. The second-order valence-corrected chi connectivity index (χ2v) is 7.57. The molecule has 0 aromatic heterocycles. The van der Waals surface area contributed by atoms with Crippen LogP contribution in [-0.2, 0) is 16.6 Å². The van der Waals surface area contributed by atoms with E-state index in [0.29, 0.717) is 12.1 Å². The minimum absolute atomic E-state index is 0. The molecule has 2 rings (SSSR count). The van der Waals surface area contributed by atoms with Gasteiger partial charge in [0.15, 0.2) is 0 Å². The van der Waals surface area contributed by atoms with Gasteiger partial charge in [0.2, 0.25) is 10.0 Å². The number of benzene rings is 1. The number of hydrogen-bond acceptors (Lipinski definition) is 4. The van der Waals surface area contributed by atoms with Crippen molar-refractivity contribution in [1.82, 2.24) is 14.9 Å². The van der Waals surface area contributed by atoms with Crippen molar-refractivity contribution in [3.63, 3.8) is 0 Å². The highest BCUT2D eigenvalue weighted by molar-refractivity contribution is 7.89. The van der Waals surface area contributed by atoms with Gasteiger partial charge in [-0.15, -0.1) is 12.4 Å². The molecule has 0 unspecified atom stereocenters. The van der Waals surface area contributed by atoms with Gasteiger partial charge < -0.3 is 10.2 Å². The molecule has 8 heteroatoms. The third-order valence-electron chi connectivity index (χ3n) is 3.84. The third kappa shape index (κ3) is 5.46. The second kappa shape index (κ2) is 8.63. The zero-order valence-corrected chi connectivity index (χ0v) is 15.0. The van der Waals surface area contributed by atoms with E-state index in [-0.39, 0.29) is 36.7 Å². The lowest BCUT2D eigenvalue weighted by Gasteiger charge is -2.34. The Balaban J connectivity index is 0.00000264. The fourth-order valence-corrected chi connectivity index (χ4v) is 2.96. The lowest BCUT2D eigenvalue weighted by atomic mass is 10.1. The highest BCUT2D eigenvalue weighted by Gasteiger charge is 2.23. The van der Waals surface area contributed by atoms with E-state index in [1.54, 1.807) is 31.2 Å². The Bertz CT molecular complexity index is 619. The van der Waals surface area contributed by atoms with Gasteiger partial charge in [-0.2, -0.15) is 0 Å². The van der Waals surface area contributed by atoms with Crippen LogP contribution < -0.4 is 10.0 Å². The molecule has 1 amide bonds. The van der Waals surface area contributed by atoms with Crippen molar-refractivity contribution < 1.29 is 13.2 Å². The molecule has 6 nitrogen and oxygen atoms in total. The number of piperazine rings is 1. The first kappa shape index (κ1) is 19.9. The highest BCUT2D eigenvalue weighted by atomic mass is 35.5. The summed E-state index contributed by atoms with van der Waals surface area (Å²) >= 11 is 0. The van der Waals surface area contributed by atoms with Crippen molar-refractivity contribution in [2.75, 3.05) is 25.4 Å². The van der Waals surface area contributed by atoms with E-state index in [2.05, 4.69) is 10.0 Å². The fraction of sp³-hybridized carbons (Fsp3) is 0.533. The van der Waals surface area contributed by atoms with Crippen molar-refractivity contribution >= 4 is 28.3 Å². The molecule has 23 heavy (non-hydrogen) atoms. The first-order valence-corrected chi connectivity index (χ1v) is 9.16. The Labute approximate surface area is 144 Å². The molecule has 1 aliphatic heterocycles. The van der Waals surface area contributed by atoms with Crippen LogP contribution in [0.4, 0.5) is 0 Å². The van der Waals surface area contributed by atoms with E-state index in [1.165, 1.54) is 0 Å². The molecule has 1 heterocycles. The van der Waals surface area contributed by atoms with Crippen LogP contribution in [0.3, 0.4) is 0 Å². The average molecular weight is 362 g/mol. The second-order valence-electron chi connectivity index (χ2n) is 5.47. The zero-order chi connectivity index (χ0) is 16.2. The summed E-state index contributed by atoms with van der Waals surface area (Å²) in [6.45, 7) is 6.19. The SMILES string of the molecule is CCS(=O)(=O)NCc1ccc(C(=O)N2CCNC[C@H]2C)cc1.Cl. The van der Waals surface area contributed by atoms with Crippen molar-refractivity contribution in [3.05, 3.63) is 35.4 Å². The summed E-state index contributed by atoms with van der Waals surface area (Å²) < 4.78 is 25.3. The topological polar surface area (TPSA) is 78.5 Å². The first-order valence-electron chi connectivity index (χ1n) is 7.51. The summed E-state index contributed by atoms with van der Waals surface area (Å²) in [6, 6.07) is 7.27. The molecule has 0 radical (unpaired) electrons. The van der Waals surface area contributed by atoms with Crippen LogP contribution >= 0.6 is 12.4 Å². The molecule has 0 spiro atoms. The van der Waals surface area contributed by atoms with Crippen LogP contribution in [0.2, 0.25) is 0 Å². The molecule has 1 aromatic carbocycles. The molecule has 130 valence electrons. The van der Waals surface area contributed by atoms with Gasteiger partial charge >= 0.3 is 0 Å². The lowest BCUT2D eigenvalue weighted by Crippen LogP contribution is -2.52. The number of nitrogens with one attached hydrogen (secondary N) is 2. The summed E-state index contributed by atoms with van der Waals surface area (Å²) in [6.07, 6.45) is 0. The number of sulfonamides is 1. The van der Waals surface area contributed by atoms with Gasteiger partial charge in [0.05, 0.1) is 5.75 Å². The molecule has 2 N–H and O–H groups in total. The van der Waals surface area contributed by atoms with Crippen LogP contribution in [0.5, 0.6) is 0 Å². The predicted octanol–water partition coefficient (Wildman–Crippen LogP) is 0.982. The molecule has 1 saturated heterocycles. The summed E-state index contributed by atoms with van der Waals surface area (Å²) in [5.41, 5.74) is 1.47. The summed E-state index contributed by atoms with van der Waals surface area (Å²) in [7, 11) is -3.20. The first-order chi connectivity index (χ1) is 10.4. The molecule has 1 aromatic rings. The van der Waals surface area contributed by atoms with E-state index in [0.717, 1.165) is 18.7 Å². The van der Waals surface area contributed by atoms with Gasteiger partial charge in [-0.3, -0.25) is 4.79 Å². The van der Waals surface area contributed by atoms with E-state index < -0.39 is 10.0 Å². The lowest BCUT2D eigenvalue weighted by molar-refractivity contribution is 0.0655. The summed E-state index contributed by atoms with van der Waals surface area (Å²) in [5, 5.41) is 3.26. The van der Waals surface area contributed by atoms with Gasteiger partial charge in [0.25, 0.3) is 5.91 Å². The Morgan fingerprint density at radius 3 is 2.57 bits per heavy atom. The van der Waals surface area contributed by atoms with Gasteiger partial charge in [-0.25, -0.2) is 13.1 Å². The molecule has 1 aliphatic rings. The smallest absolute Gasteiger partial charge is 0.254 e. The fourth-order valence-electron chi connectivity index (χ4n) is 2.37. The standard InChI is InChI=1S/C15H23N3O3S.ClH/c1-3-22(20,21)17-11-13-4-6-14(7-5-13)15(19)18-9-8-16-10-12(18)2;/h4-7,12,16-17H,3,8-11H2,1-2H3;1H/t12-;/m1./s1. The summed E-state index contributed by atoms with van der Waals surface area (Å²) in [4.78, 5) is 14.3. The maximum Gasteiger partial charge on any atom is 0.254 e.